The number of benzene rings is 1. The molecule has 0 atom stereocenters. The number of amides is 2. The number of nitrogens with one attached hydrogen (secondary N) is 2. The summed E-state index contributed by atoms with van der Waals surface area (Å²) in [6.07, 6.45) is 0.525. The highest BCUT2D eigenvalue weighted by atomic mass is 35.5. The van der Waals surface area contributed by atoms with Crippen LogP contribution >= 0.6 is 23.8 Å². The van der Waals surface area contributed by atoms with Gasteiger partial charge in [-0.15, -0.1) is 0 Å². The molecule has 0 radical (unpaired) electrons. The summed E-state index contributed by atoms with van der Waals surface area (Å²) in [5.41, 5.74) is 1.68. The number of carbonyl (C=O) groups excluding carboxylic acids is 2. The molecule has 1 aromatic carbocycles. The highest BCUT2D eigenvalue weighted by Gasteiger charge is 2.22. The van der Waals surface area contributed by atoms with Crippen molar-refractivity contribution in [1.29, 1.82) is 0 Å². The molecule has 2 rings (SSSR count). The lowest BCUT2D eigenvalue weighted by Crippen LogP contribution is -2.48. The van der Waals surface area contributed by atoms with Crippen LogP contribution in [0.5, 0.6) is 0 Å². The molecule has 6 nitrogen and oxygen atoms in total. The lowest BCUT2D eigenvalue weighted by molar-refractivity contribution is -0.131. The minimum absolute atomic E-state index is 0.141. The van der Waals surface area contributed by atoms with E-state index in [1.165, 1.54) is 0 Å². The molecule has 0 bridgehead atoms. The van der Waals surface area contributed by atoms with Crippen LogP contribution in [0, 0.1) is 5.92 Å². The fraction of sp³-hybridized carbons (Fsp3) is 0.500. The van der Waals surface area contributed by atoms with Gasteiger partial charge in [0.05, 0.1) is 11.4 Å². The Morgan fingerprint density at radius 3 is 2.46 bits per heavy atom. The molecular weight excluding hydrogens is 372 g/mol. The van der Waals surface area contributed by atoms with Gasteiger partial charge in [0.1, 0.15) is 0 Å². The molecule has 2 N–H and O–H groups in total. The Morgan fingerprint density at radius 2 is 1.88 bits per heavy atom. The molecule has 1 aliphatic rings. The molecule has 1 aliphatic heterocycles. The van der Waals surface area contributed by atoms with Gasteiger partial charge in [0.2, 0.25) is 11.8 Å². The maximum Gasteiger partial charge on any atom is 0.228 e. The fourth-order valence-corrected chi connectivity index (χ4v) is 3.10. The average Bonchev–Trinajstić information content (AvgIpc) is 2.61. The van der Waals surface area contributed by atoms with Crippen molar-refractivity contribution in [2.45, 2.75) is 27.2 Å². The van der Waals surface area contributed by atoms with Gasteiger partial charge in [0, 0.05) is 43.5 Å². The first-order chi connectivity index (χ1) is 12.3. The van der Waals surface area contributed by atoms with E-state index in [9.17, 15) is 9.59 Å². The number of piperazine rings is 1. The highest BCUT2D eigenvalue weighted by Crippen LogP contribution is 2.30. The van der Waals surface area contributed by atoms with E-state index in [2.05, 4.69) is 15.5 Å². The van der Waals surface area contributed by atoms with E-state index < -0.39 is 0 Å². The van der Waals surface area contributed by atoms with Crippen LogP contribution in [0.15, 0.2) is 18.2 Å². The zero-order valence-electron chi connectivity index (χ0n) is 15.3. The third-order valence-corrected chi connectivity index (χ3v) is 4.68. The second-order valence-corrected chi connectivity index (χ2v) is 7.33. The lowest BCUT2D eigenvalue weighted by atomic mass is 10.2. The third-order valence-electron chi connectivity index (χ3n) is 4.24. The Balaban J connectivity index is 2.09. The van der Waals surface area contributed by atoms with Crippen molar-refractivity contribution in [3.8, 4) is 0 Å². The van der Waals surface area contributed by atoms with Crippen LogP contribution in [-0.4, -0.2) is 48.0 Å². The summed E-state index contributed by atoms with van der Waals surface area (Å²) < 4.78 is 0. The van der Waals surface area contributed by atoms with Crippen LogP contribution in [0.1, 0.15) is 27.2 Å². The van der Waals surface area contributed by atoms with Crippen molar-refractivity contribution in [2.75, 3.05) is 36.4 Å². The molecule has 26 heavy (non-hydrogen) atoms. The zero-order chi connectivity index (χ0) is 19.3. The molecule has 8 heteroatoms. The van der Waals surface area contributed by atoms with Crippen LogP contribution < -0.4 is 15.5 Å². The van der Waals surface area contributed by atoms with Gasteiger partial charge in [-0.25, -0.2) is 0 Å². The Kier molecular flexibility index (Phi) is 7.23. The van der Waals surface area contributed by atoms with Crippen molar-refractivity contribution in [2.24, 2.45) is 5.92 Å². The van der Waals surface area contributed by atoms with E-state index in [-0.39, 0.29) is 22.8 Å². The van der Waals surface area contributed by atoms with E-state index >= 15 is 0 Å². The summed E-state index contributed by atoms with van der Waals surface area (Å²) in [5, 5.41) is 6.57. The van der Waals surface area contributed by atoms with Crippen LogP contribution in [-0.2, 0) is 9.59 Å². The van der Waals surface area contributed by atoms with Crippen molar-refractivity contribution in [1.82, 2.24) is 10.2 Å². The predicted molar refractivity (Wildman–Crippen MR) is 110 cm³/mol. The third kappa shape index (κ3) is 5.32. The fourth-order valence-electron chi connectivity index (χ4n) is 2.71. The number of nitrogens with zero attached hydrogens (tertiary/aromatic N) is 2. The number of carbonyl (C=O) groups is 2. The first-order valence-corrected chi connectivity index (χ1v) is 9.54. The SMILES string of the molecule is CCC(=O)N1CCN(c2ccc(Cl)cc2NC(=S)NC(=O)C(C)C)CC1. The normalized spacial score (nSPS) is 14.3. The summed E-state index contributed by atoms with van der Waals surface area (Å²) in [6.45, 7) is 8.31. The minimum atomic E-state index is -0.155. The van der Waals surface area contributed by atoms with Crippen molar-refractivity contribution >= 4 is 52.1 Å². The van der Waals surface area contributed by atoms with E-state index in [0.29, 0.717) is 24.5 Å². The highest BCUT2D eigenvalue weighted by molar-refractivity contribution is 7.80. The molecule has 142 valence electrons. The largest absolute Gasteiger partial charge is 0.366 e. The van der Waals surface area contributed by atoms with E-state index in [1.54, 1.807) is 19.9 Å². The first kappa shape index (κ1) is 20.5. The Labute approximate surface area is 164 Å². The second kappa shape index (κ2) is 9.19. The number of halogens is 1. The number of rotatable bonds is 4. The van der Waals surface area contributed by atoms with Gasteiger partial charge in [-0.2, -0.15) is 0 Å². The summed E-state index contributed by atoms with van der Waals surface area (Å²) in [5.74, 6) is -0.118. The summed E-state index contributed by atoms with van der Waals surface area (Å²) in [6, 6.07) is 5.53. The Bertz CT molecular complexity index is 688. The molecule has 0 aliphatic carbocycles. The van der Waals surface area contributed by atoms with Gasteiger partial charge in [0.25, 0.3) is 0 Å². The van der Waals surface area contributed by atoms with Gasteiger partial charge >= 0.3 is 0 Å². The molecule has 0 saturated carbocycles. The average molecular weight is 397 g/mol. The molecule has 1 aromatic rings. The Hall–Kier alpha value is -1.86. The monoisotopic (exact) mass is 396 g/mol. The van der Waals surface area contributed by atoms with Crippen molar-refractivity contribution < 1.29 is 9.59 Å². The molecule has 1 heterocycles. The van der Waals surface area contributed by atoms with Crippen LogP contribution in [0.25, 0.3) is 0 Å². The van der Waals surface area contributed by atoms with Crippen LogP contribution in [0.2, 0.25) is 5.02 Å². The standard InChI is InChI=1S/C18H25ClN4O2S/c1-4-16(24)23-9-7-22(8-10-23)15-6-5-13(19)11-14(15)20-18(26)21-17(25)12(2)3/h5-6,11-12H,4,7-10H2,1-3H3,(H2,20,21,25,26). The van der Waals surface area contributed by atoms with Crippen molar-refractivity contribution in [3.05, 3.63) is 23.2 Å². The van der Waals surface area contributed by atoms with Gasteiger partial charge in [-0.3, -0.25) is 9.59 Å². The van der Waals surface area contributed by atoms with Gasteiger partial charge in [-0.1, -0.05) is 32.4 Å². The molecule has 1 fully saturated rings. The minimum Gasteiger partial charge on any atom is -0.366 e. The molecule has 0 spiro atoms. The predicted octanol–water partition coefficient (Wildman–Crippen LogP) is 2.87. The summed E-state index contributed by atoms with van der Waals surface area (Å²) in [4.78, 5) is 27.7. The van der Waals surface area contributed by atoms with Crippen molar-refractivity contribution in [3.63, 3.8) is 0 Å². The molecular formula is C18H25ClN4O2S. The van der Waals surface area contributed by atoms with Crippen LogP contribution in [0.4, 0.5) is 11.4 Å². The van der Waals surface area contributed by atoms with E-state index in [4.69, 9.17) is 23.8 Å². The van der Waals surface area contributed by atoms with Gasteiger partial charge in [-0.05, 0) is 30.4 Å². The maximum atomic E-state index is 11.8. The smallest absolute Gasteiger partial charge is 0.228 e. The first-order valence-electron chi connectivity index (χ1n) is 8.76. The van der Waals surface area contributed by atoms with E-state index in [1.807, 2.05) is 24.0 Å². The van der Waals surface area contributed by atoms with Gasteiger partial charge in [0.15, 0.2) is 5.11 Å². The topological polar surface area (TPSA) is 64.7 Å². The number of hydrogen-bond acceptors (Lipinski definition) is 4. The summed E-state index contributed by atoms with van der Waals surface area (Å²) >= 11 is 11.4. The second-order valence-electron chi connectivity index (χ2n) is 6.48. The number of hydrogen-bond donors (Lipinski definition) is 2. The van der Waals surface area contributed by atoms with Gasteiger partial charge < -0.3 is 20.4 Å². The molecule has 2 amide bonds. The molecule has 1 saturated heterocycles. The quantitative estimate of drug-likeness (QED) is 0.766. The number of thiocarbonyl (C=S) groups is 1. The maximum absolute atomic E-state index is 11.8. The zero-order valence-corrected chi connectivity index (χ0v) is 16.9. The number of anilines is 2. The summed E-state index contributed by atoms with van der Waals surface area (Å²) in [7, 11) is 0. The molecule has 0 aromatic heterocycles. The molecule has 0 unspecified atom stereocenters. The van der Waals surface area contributed by atoms with Crippen LogP contribution in [0.3, 0.4) is 0 Å². The van der Waals surface area contributed by atoms with E-state index in [0.717, 1.165) is 24.5 Å². The lowest BCUT2D eigenvalue weighted by Gasteiger charge is -2.37. The Morgan fingerprint density at radius 1 is 1.23 bits per heavy atom.